The summed E-state index contributed by atoms with van der Waals surface area (Å²) in [5.74, 6) is -1.49. The molecule has 2 aromatic carbocycles. The van der Waals surface area contributed by atoms with Crippen molar-refractivity contribution in [3.05, 3.63) is 71.9 Å². The number of hydrogen-bond acceptors (Lipinski definition) is 2. The first-order chi connectivity index (χ1) is 11.1. The van der Waals surface area contributed by atoms with Crippen LogP contribution < -0.4 is 10.6 Å². The molecular formula is C18H15N2O3. The van der Waals surface area contributed by atoms with Gasteiger partial charge in [0.2, 0.25) is 0 Å². The highest BCUT2D eigenvalue weighted by Gasteiger charge is 2.26. The SMILES string of the molecule is O=C(NC(Cc1ccccc1)C(=O)O)C1=C[N]c2ccccc21. The maximum atomic E-state index is 12.4. The van der Waals surface area contributed by atoms with Gasteiger partial charge in [-0.2, -0.15) is 0 Å². The third kappa shape index (κ3) is 3.23. The number of carbonyl (C=O) groups is 2. The molecule has 0 bridgehead atoms. The van der Waals surface area contributed by atoms with Gasteiger partial charge in [-0.05, 0) is 11.6 Å². The molecular weight excluding hydrogens is 292 g/mol. The van der Waals surface area contributed by atoms with Gasteiger partial charge in [0, 0.05) is 18.2 Å². The smallest absolute Gasteiger partial charge is 0.326 e. The molecule has 0 saturated heterocycles. The number of hydrogen-bond donors (Lipinski definition) is 2. The van der Waals surface area contributed by atoms with Gasteiger partial charge in [-0.15, -0.1) is 0 Å². The molecule has 1 heterocycles. The highest BCUT2D eigenvalue weighted by Crippen LogP contribution is 2.29. The predicted molar refractivity (Wildman–Crippen MR) is 85.9 cm³/mol. The maximum absolute atomic E-state index is 12.4. The van der Waals surface area contributed by atoms with Crippen molar-refractivity contribution >= 4 is 23.1 Å². The van der Waals surface area contributed by atoms with E-state index in [1.165, 1.54) is 6.20 Å². The monoisotopic (exact) mass is 307 g/mol. The van der Waals surface area contributed by atoms with Crippen LogP contribution in [0.5, 0.6) is 0 Å². The lowest BCUT2D eigenvalue weighted by Crippen LogP contribution is -2.42. The zero-order chi connectivity index (χ0) is 16.2. The molecule has 2 aromatic rings. The number of carboxylic acid groups (broad SMARTS) is 1. The average molecular weight is 307 g/mol. The van der Waals surface area contributed by atoms with Crippen LogP contribution >= 0.6 is 0 Å². The first-order valence-corrected chi connectivity index (χ1v) is 7.23. The number of nitrogens with zero attached hydrogens (tertiary/aromatic N) is 1. The number of fused-ring (bicyclic) bond motifs is 1. The van der Waals surface area contributed by atoms with E-state index in [9.17, 15) is 14.7 Å². The molecule has 1 aliphatic heterocycles. The van der Waals surface area contributed by atoms with E-state index in [1.807, 2.05) is 48.5 Å². The van der Waals surface area contributed by atoms with Crippen LogP contribution in [0.3, 0.4) is 0 Å². The van der Waals surface area contributed by atoms with Crippen LogP contribution in [0.4, 0.5) is 5.69 Å². The fraction of sp³-hybridized carbons (Fsp3) is 0.111. The molecule has 115 valence electrons. The van der Waals surface area contributed by atoms with Gasteiger partial charge in [0.15, 0.2) is 0 Å². The number of para-hydroxylation sites is 1. The molecule has 3 rings (SSSR count). The molecule has 2 N–H and O–H groups in total. The summed E-state index contributed by atoms with van der Waals surface area (Å²) in [6, 6.07) is 15.5. The lowest BCUT2D eigenvalue weighted by atomic mass is 10.0. The molecule has 0 aromatic heterocycles. The Bertz CT molecular complexity index is 769. The Morgan fingerprint density at radius 3 is 2.48 bits per heavy atom. The minimum absolute atomic E-state index is 0.230. The fourth-order valence-electron chi connectivity index (χ4n) is 2.48. The number of benzene rings is 2. The van der Waals surface area contributed by atoms with Crippen molar-refractivity contribution in [3.63, 3.8) is 0 Å². The summed E-state index contributed by atoms with van der Waals surface area (Å²) in [5.41, 5.74) is 2.67. The molecule has 23 heavy (non-hydrogen) atoms. The van der Waals surface area contributed by atoms with E-state index >= 15 is 0 Å². The van der Waals surface area contributed by atoms with E-state index in [1.54, 1.807) is 6.07 Å². The van der Waals surface area contributed by atoms with Crippen molar-refractivity contribution in [1.82, 2.24) is 10.6 Å². The maximum Gasteiger partial charge on any atom is 0.326 e. The molecule has 0 saturated carbocycles. The van der Waals surface area contributed by atoms with E-state index in [2.05, 4.69) is 10.6 Å². The Labute approximate surface area is 133 Å². The summed E-state index contributed by atoms with van der Waals surface area (Å²) >= 11 is 0. The summed E-state index contributed by atoms with van der Waals surface area (Å²) in [7, 11) is 0. The van der Waals surface area contributed by atoms with Crippen LogP contribution in [0.2, 0.25) is 0 Å². The fourth-order valence-corrected chi connectivity index (χ4v) is 2.48. The van der Waals surface area contributed by atoms with Crippen molar-refractivity contribution in [2.24, 2.45) is 0 Å². The third-order valence-electron chi connectivity index (χ3n) is 3.66. The predicted octanol–water partition coefficient (Wildman–Crippen LogP) is 2.09. The van der Waals surface area contributed by atoms with E-state index in [0.29, 0.717) is 16.8 Å². The van der Waals surface area contributed by atoms with Crippen molar-refractivity contribution < 1.29 is 14.7 Å². The number of aliphatic carboxylic acids is 1. The number of carbonyl (C=O) groups excluding carboxylic acids is 1. The van der Waals surface area contributed by atoms with Gasteiger partial charge in [-0.3, -0.25) is 10.1 Å². The van der Waals surface area contributed by atoms with Crippen LogP contribution in [-0.2, 0) is 16.0 Å². The van der Waals surface area contributed by atoms with Crippen molar-refractivity contribution in [2.75, 3.05) is 0 Å². The van der Waals surface area contributed by atoms with E-state index in [-0.39, 0.29) is 6.42 Å². The molecule has 1 aliphatic rings. The van der Waals surface area contributed by atoms with E-state index in [0.717, 1.165) is 5.56 Å². The molecule has 0 fully saturated rings. The molecule has 1 amide bonds. The Hall–Kier alpha value is -3.08. The first-order valence-electron chi connectivity index (χ1n) is 7.23. The quantitative estimate of drug-likeness (QED) is 0.887. The summed E-state index contributed by atoms with van der Waals surface area (Å²) in [6.45, 7) is 0. The van der Waals surface area contributed by atoms with Crippen molar-refractivity contribution in [3.8, 4) is 0 Å². The minimum Gasteiger partial charge on any atom is -0.480 e. The molecule has 1 radical (unpaired) electrons. The standard InChI is InChI=1S/C18H15N2O3/c21-17(14-11-19-15-9-5-4-8-13(14)15)20-16(18(22)23)10-12-6-2-1-3-7-12/h1-9,11,16H,10H2,(H,20,21)(H,22,23). The Morgan fingerprint density at radius 1 is 1.04 bits per heavy atom. The van der Waals surface area contributed by atoms with Gasteiger partial charge in [-0.1, -0.05) is 48.5 Å². The van der Waals surface area contributed by atoms with Crippen LogP contribution in [0.15, 0.2) is 60.8 Å². The normalized spacial score (nSPS) is 13.5. The second-order valence-electron chi connectivity index (χ2n) is 5.24. The Kier molecular flexibility index (Phi) is 4.10. The van der Waals surface area contributed by atoms with E-state index in [4.69, 9.17) is 0 Å². The van der Waals surface area contributed by atoms with Crippen LogP contribution in [0, 0.1) is 0 Å². The second-order valence-corrected chi connectivity index (χ2v) is 5.24. The average Bonchev–Trinajstić information content (AvgIpc) is 2.99. The molecule has 5 nitrogen and oxygen atoms in total. The topological polar surface area (TPSA) is 80.5 Å². The zero-order valence-electron chi connectivity index (χ0n) is 12.3. The van der Waals surface area contributed by atoms with Gasteiger partial charge in [0.25, 0.3) is 5.91 Å². The second kappa shape index (κ2) is 6.36. The largest absolute Gasteiger partial charge is 0.480 e. The highest BCUT2D eigenvalue weighted by molar-refractivity contribution is 6.22. The minimum atomic E-state index is -1.06. The number of carboxylic acids is 1. The highest BCUT2D eigenvalue weighted by atomic mass is 16.4. The number of amides is 1. The lowest BCUT2D eigenvalue weighted by Gasteiger charge is -2.15. The Morgan fingerprint density at radius 2 is 1.74 bits per heavy atom. The van der Waals surface area contributed by atoms with Crippen molar-refractivity contribution in [2.45, 2.75) is 12.5 Å². The summed E-state index contributed by atoms with van der Waals surface area (Å²) in [6.07, 6.45) is 1.70. The lowest BCUT2D eigenvalue weighted by molar-refractivity contribution is -0.141. The molecule has 0 spiro atoms. The summed E-state index contributed by atoms with van der Waals surface area (Å²) in [5, 5.41) is 16.1. The number of rotatable bonds is 5. The molecule has 1 atom stereocenters. The number of nitrogens with one attached hydrogen (secondary N) is 1. The first kappa shape index (κ1) is 14.8. The molecule has 1 unspecified atom stereocenters. The summed E-state index contributed by atoms with van der Waals surface area (Å²) < 4.78 is 0. The molecule has 0 aliphatic carbocycles. The van der Waals surface area contributed by atoms with E-state index < -0.39 is 17.9 Å². The van der Waals surface area contributed by atoms with Gasteiger partial charge in [-0.25, -0.2) is 4.79 Å². The molecule has 5 heteroatoms. The van der Waals surface area contributed by atoms with Gasteiger partial charge in [0.05, 0.1) is 11.3 Å². The van der Waals surface area contributed by atoms with Gasteiger partial charge >= 0.3 is 5.97 Å². The van der Waals surface area contributed by atoms with Gasteiger partial charge in [0.1, 0.15) is 6.04 Å². The Balaban J connectivity index is 1.74. The van der Waals surface area contributed by atoms with Gasteiger partial charge < -0.3 is 10.4 Å². The van der Waals surface area contributed by atoms with Crippen LogP contribution in [-0.4, -0.2) is 23.0 Å². The zero-order valence-corrected chi connectivity index (χ0v) is 12.3. The van der Waals surface area contributed by atoms with Crippen molar-refractivity contribution in [1.29, 1.82) is 0 Å². The third-order valence-corrected chi connectivity index (χ3v) is 3.66. The summed E-state index contributed by atoms with van der Waals surface area (Å²) in [4.78, 5) is 23.9. The van der Waals surface area contributed by atoms with Crippen LogP contribution in [0.25, 0.3) is 5.57 Å². The van der Waals surface area contributed by atoms with Crippen LogP contribution in [0.1, 0.15) is 11.1 Å².